The molecule has 0 saturated heterocycles. The number of aryl methyl sites for hydroxylation is 1. The van der Waals surface area contributed by atoms with Gasteiger partial charge in [-0.3, -0.25) is 9.59 Å². The fraction of sp³-hybridized carbons (Fsp3) is 0.385. The van der Waals surface area contributed by atoms with E-state index in [0.717, 1.165) is 6.42 Å². The third kappa shape index (κ3) is 6.82. The normalized spacial score (nSPS) is 10.4. The quantitative estimate of drug-likeness (QED) is 0.186. The fourth-order valence-electron chi connectivity index (χ4n) is 3.27. The summed E-state index contributed by atoms with van der Waals surface area (Å²) >= 11 is 0. The van der Waals surface area contributed by atoms with Crippen molar-refractivity contribution in [3.63, 3.8) is 0 Å². The first-order valence-electron chi connectivity index (χ1n) is 10.4. The molecule has 146 valence electrons. The number of benzene rings is 2. The molecule has 2 rings (SSSR count). The second-order valence-electron chi connectivity index (χ2n) is 7.30. The number of carbonyl (C=O) groups excluding carboxylic acids is 2. The largest absolute Gasteiger partial charge is 0.285 e. The van der Waals surface area contributed by atoms with Gasteiger partial charge in [-0.05, 0) is 42.7 Å². The Labute approximate surface area is 169 Å². The molecule has 2 heteroatoms. The highest BCUT2D eigenvalue weighted by Crippen LogP contribution is 2.14. The lowest BCUT2D eigenvalue weighted by molar-refractivity contribution is 0.0817. The molecule has 0 fully saturated rings. The van der Waals surface area contributed by atoms with Gasteiger partial charge in [0.15, 0.2) is 0 Å². The predicted octanol–water partition coefficient (Wildman–Crippen LogP) is 6.42. The minimum atomic E-state index is -0.501. The average molecular weight is 375 g/mol. The minimum Gasteiger partial charge on any atom is -0.285 e. The van der Waals surface area contributed by atoms with Crippen LogP contribution in [0.3, 0.4) is 0 Å². The van der Waals surface area contributed by atoms with Gasteiger partial charge >= 0.3 is 0 Å². The molecule has 0 atom stereocenters. The Bertz CT molecular complexity index is 792. The molecule has 0 aliphatic carbocycles. The van der Waals surface area contributed by atoms with Gasteiger partial charge in [-0.2, -0.15) is 0 Å². The lowest BCUT2D eigenvalue weighted by atomic mass is 9.98. The van der Waals surface area contributed by atoms with Crippen molar-refractivity contribution in [2.75, 3.05) is 0 Å². The second-order valence-corrected chi connectivity index (χ2v) is 7.30. The molecule has 0 amide bonds. The molecule has 0 radical (unpaired) electrons. The number of ketones is 2. The number of hydrogen-bond donors (Lipinski definition) is 0. The molecule has 28 heavy (non-hydrogen) atoms. The van der Waals surface area contributed by atoms with Crippen LogP contribution in [0.15, 0.2) is 48.5 Å². The fourth-order valence-corrected chi connectivity index (χ4v) is 3.27. The number of unbranched alkanes of at least 4 members (excludes halogenated alkanes) is 7. The molecule has 0 aliphatic rings. The van der Waals surface area contributed by atoms with Crippen LogP contribution in [0.2, 0.25) is 0 Å². The van der Waals surface area contributed by atoms with Crippen molar-refractivity contribution >= 4 is 11.6 Å². The van der Waals surface area contributed by atoms with Crippen molar-refractivity contribution < 1.29 is 9.59 Å². The van der Waals surface area contributed by atoms with Gasteiger partial charge in [0.2, 0.25) is 11.6 Å². The first-order chi connectivity index (χ1) is 13.7. The number of Topliss-reactive ketones (excluding diaryl/α,β-unsaturated/α-hetero) is 2. The van der Waals surface area contributed by atoms with E-state index < -0.39 is 11.6 Å². The summed E-state index contributed by atoms with van der Waals surface area (Å²) in [7, 11) is 0. The van der Waals surface area contributed by atoms with Gasteiger partial charge in [-0.25, -0.2) is 0 Å². The maximum absolute atomic E-state index is 12.4. The Hall–Kier alpha value is -2.66. The summed E-state index contributed by atoms with van der Waals surface area (Å²) in [5, 5.41) is 0. The number of terminal acetylenes is 1. The van der Waals surface area contributed by atoms with Crippen molar-refractivity contribution in [1.29, 1.82) is 0 Å². The molecule has 0 heterocycles. The molecule has 0 aromatic heterocycles. The van der Waals surface area contributed by atoms with Gasteiger partial charge < -0.3 is 0 Å². The van der Waals surface area contributed by atoms with E-state index in [0.29, 0.717) is 16.7 Å². The predicted molar refractivity (Wildman–Crippen MR) is 116 cm³/mol. The third-order valence-electron chi connectivity index (χ3n) is 5.06. The van der Waals surface area contributed by atoms with E-state index >= 15 is 0 Å². The Morgan fingerprint density at radius 1 is 0.714 bits per heavy atom. The van der Waals surface area contributed by atoms with Gasteiger partial charge in [0.25, 0.3) is 0 Å². The maximum atomic E-state index is 12.4. The van der Waals surface area contributed by atoms with Crippen molar-refractivity contribution in [2.24, 2.45) is 0 Å². The summed E-state index contributed by atoms with van der Waals surface area (Å²) < 4.78 is 0. The van der Waals surface area contributed by atoms with Crippen LogP contribution in [0, 0.1) is 12.3 Å². The van der Waals surface area contributed by atoms with E-state index in [2.05, 4.69) is 12.8 Å². The summed E-state index contributed by atoms with van der Waals surface area (Å²) in [4.78, 5) is 24.8. The highest BCUT2D eigenvalue weighted by Gasteiger charge is 2.18. The summed E-state index contributed by atoms with van der Waals surface area (Å²) in [5.74, 6) is 1.52. The van der Waals surface area contributed by atoms with E-state index in [9.17, 15) is 9.59 Å². The van der Waals surface area contributed by atoms with Crippen LogP contribution in [0.1, 0.15) is 90.1 Å². The number of rotatable bonds is 12. The smallest absolute Gasteiger partial charge is 0.233 e. The molecule has 2 nitrogen and oxygen atoms in total. The van der Waals surface area contributed by atoms with Crippen LogP contribution in [-0.4, -0.2) is 11.6 Å². The van der Waals surface area contributed by atoms with Gasteiger partial charge in [0, 0.05) is 16.7 Å². The first kappa shape index (κ1) is 21.6. The highest BCUT2D eigenvalue weighted by atomic mass is 16.2. The Balaban J connectivity index is 1.78. The molecule has 0 aliphatic heterocycles. The summed E-state index contributed by atoms with van der Waals surface area (Å²) in [6.07, 6.45) is 16.7. The van der Waals surface area contributed by atoms with E-state index in [-0.39, 0.29) is 0 Å². The molecule has 2 aromatic rings. The van der Waals surface area contributed by atoms with Crippen molar-refractivity contribution in [1.82, 2.24) is 0 Å². The molecule has 2 aromatic carbocycles. The molecular formula is C26H30O2. The Morgan fingerprint density at radius 3 is 1.68 bits per heavy atom. The SMILES string of the molecule is C#Cc1ccc(C(=O)C(=O)c2ccc(CCCCCCCCCC)cc2)cc1. The van der Waals surface area contributed by atoms with Crippen LogP contribution in [0.4, 0.5) is 0 Å². The number of carbonyl (C=O) groups is 2. The minimum absolute atomic E-state index is 0.368. The first-order valence-corrected chi connectivity index (χ1v) is 10.4. The second kappa shape index (κ2) is 11.9. The van der Waals surface area contributed by atoms with Crippen LogP contribution >= 0.6 is 0 Å². The van der Waals surface area contributed by atoms with Crippen molar-refractivity contribution in [3.05, 3.63) is 70.8 Å². The third-order valence-corrected chi connectivity index (χ3v) is 5.06. The Kier molecular flexibility index (Phi) is 9.22. The molecule has 0 saturated carbocycles. The standard InChI is InChI=1S/C26H30O2/c1-3-5-6-7-8-9-10-11-12-22-15-19-24(20-16-22)26(28)25(27)23-17-13-21(4-2)14-18-23/h2,13-20H,3,5-12H2,1H3. The summed E-state index contributed by atoms with van der Waals surface area (Å²) in [6, 6.07) is 14.0. The van der Waals surface area contributed by atoms with Gasteiger partial charge in [-0.15, -0.1) is 6.42 Å². The highest BCUT2D eigenvalue weighted by molar-refractivity contribution is 6.49. The van der Waals surface area contributed by atoms with Crippen LogP contribution < -0.4 is 0 Å². The van der Waals surface area contributed by atoms with E-state index in [4.69, 9.17) is 6.42 Å². The zero-order valence-electron chi connectivity index (χ0n) is 16.9. The van der Waals surface area contributed by atoms with E-state index in [1.807, 2.05) is 12.1 Å². The monoisotopic (exact) mass is 374 g/mol. The van der Waals surface area contributed by atoms with Crippen LogP contribution in [0.5, 0.6) is 0 Å². The van der Waals surface area contributed by atoms with Crippen molar-refractivity contribution in [3.8, 4) is 12.3 Å². The van der Waals surface area contributed by atoms with Crippen LogP contribution in [0.25, 0.3) is 0 Å². The number of hydrogen-bond acceptors (Lipinski definition) is 2. The Morgan fingerprint density at radius 2 is 1.18 bits per heavy atom. The van der Waals surface area contributed by atoms with E-state index in [1.54, 1.807) is 36.4 Å². The van der Waals surface area contributed by atoms with Gasteiger partial charge in [0.05, 0.1) is 0 Å². The van der Waals surface area contributed by atoms with Crippen molar-refractivity contribution in [2.45, 2.75) is 64.7 Å². The zero-order chi connectivity index (χ0) is 20.2. The lowest BCUT2D eigenvalue weighted by Crippen LogP contribution is -2.14. The van der Waals surface area contributed by atoms with E-state index in [1.165, 1.54) is 56.9 Å². The van der Waals surface area contributed by atoms with Crippen LogP contribution in [-0.2, 0) is 6.42 Å². The molecule has 0 spiro atoms. The lowest BCUT2D eigenvalue weighted by Gasteiger charge is -2.05. The maximum Gasteiger partial charge on any atom is 0.233 e. The zero-order valence-corrected chi connectivity index (χ0v) is 16.9. The molecule has 0 unspecified atom stereocenters. The topological polar surface area (TPSA) is 34.1 Å². The molecule has 0 bridgehead atoms. The molecule has 0 N–H and O–H groups in total. The molecular weight excluding hydrogens is 344 g/mol. The summed E-state index contributed by atoms with van der Waals surface area (Å²) in [6.45, 7) is 2.24. The van der Waals surface area contributed by atoms with Gasteiger partial charge in [-0.1, -0.05) is 82.1 Å². The average Bonchev–Trinajstić information content (AvgIpc) is 2.75. The summed E-state index contributed by atoms with van der Waals surface area (Å²) in [5.41, 5.74) is 2.71. The van der Waals surface area contributed by atoms with Gasteiger partial charge in [0.1, 0.15) is 0 Å².